The zero-order valence-corrected chi connectivity index (χ0v) is 12.9. The highest BCUT2D eigenvalue weighted by molar-refractivity contribution is 9.10. The molecule has 0 atom stereocenters. The Morgan fingerprint density at radius 2 is 2.10 bits per heavy atom. The minimum atomic E-state index is 0.0532. The molecule has 3 rings (SSSR count). The molecule has 2 heterocycles. The van der Waals surface area contributed by atoms with Crippen molar-refractivity contribution in [1.29, 1.82) is 0 Å². The number of carbonyl (C=O) groups is 1. The van der Waals surface area contributed by atoms with Gasteiger partial charge < -0.3 is 10.2 Å². The SMILES string of the molecule is Cc1nc(N(C)c2ccc3c(c2)CC(=O)N3)ccc1Br. The first-order chi connectivity index (χ1) is 9.54. The lowest BCUT2D eigenvalue weighted by atomic mass is 10.1. The molecule has 1 amide bonds. The number of aryl methyl sites for hydroxylation is 1. The smallest absolute Gasteiger partial charge is 0.228 e. The molecule has 0 spiro atoms. The lowest BCUT2D eigenvalue weighted by molar-refractivity contribution is -0.115. The van der Waals surface area contributed by atoms with Gasteiger partial charge in [-0.15, -0.1) is 0 Å². The number of amides is 1. The number of aromatic nitrogens is 1. The van der Waals surface area contributed by atoms with Crippen LogP contribution in [0.2, 0.25) is 0 Å². The predicted molar refractivity (Wildman–Crippen MR) is 83.5 cm³/mol. The van der Waals surface area contributed by atoms with Crippen LogP contribution < -0.4 is 10.2 Å². The molecule has 102 valence electrons. The number of benzene rings is 1. The molecule has 0 aliphatic carbocycles. The van der Waals surface area contributed by atoms with E-state index < -0.39 is 0 Å². The van der Waals surface area contributed by atoms with Gasteiger partial charge in [0, 0.05) is 22.9 Å². The largest absolute Gasteiger partial charge is 0.329 e. The fraction of sp³-hybridized carbons (Fsp3) is 0.200. The maximum absolute atomic E-state index is 11.4. The minimum absolute atomic E-state index is 0.0532. The number of hydrogen-bond donors (Lipinski definition) is 1. The van der Waals surface area contributed by atoms with Gasteiger partial charge in [0.05, 0.1) is 12.1 Å². The molecule has 0 unspecified atom stereocenters. The quantitative estimate of drug-likeness (QED) is 0.917. The summed E-state index contributed by atoms with van der Waals surface area (Å²) in [7, 11) is 1.97. The zero-order chi connectivity index (χ0) is 14.3. The summed E-state index contributed by atoms with van der Waals surface area (Å²) in [6.45, 7) is 1.96. The number of halogens is 1. The Morgan fingerprint density at radius 1 is 1.30 bits per heavy atom. The van der Waals surface area contributed by atoms with Crippen LogP contribution in [0.1, 0.15) is 11.3 Å². The lowest BCUT2D eigenvalue weighted by Gasteiger charge is -2.19. The summed E-state index contributed by atoms with van der Waals surface area (Å²) in [6, 6.07) is 9.92. The molecule has 1 aromatic carbocycles. The molecule has 0 fully saturated rings. The molecule has 0 saturated heterocycles. The van der Waals surface area contributed by atoms with Gasteiger partial charge in [0.25, 0.3) is 0 Å². The van der Waals surface area contributed by atoms with Crippen LogP contribution in [0.5, 0.6) is 0 Å². The van der Waals surface area contributed by atoms with Crippen molar-refractivity contribution in [2.75, 3.05) is 17.3 Å². The van der Waals surface area contributed by atoms with E-state index in [2.05, 4.69) is 26.2 Å². The van der Waals surface area contributed by atoms with Gasteiger partial charge in [-0.05, 0) is 58.7 Å². The highest BCUT2D eigenvalue weighted by Crippen LogP contribution is 2.30. The maximum Gasteiger partial charge on any atom is 0.228 e. The number of rotatable bonds is 2. The standard InChI is InChI=1S/C15H14BrN3O/c1-9-12(16)4-6-14(17-9)19(2)11-3-5-13-10(7-11)8-15(20)18-13/h3-7H,8H2,1-2H3,(H,18,20). The fourth-order valence-electron chi connectivity index (χ4n) is 2.27. The van der Waals surface area contributed by atoms with E-state index >= 15 is 0 Å². The molecular weight excluding hydrogens is 318 g/mol. The summed E-state index contributed by atoms with van der Waals surface area (Å²) in [4.78, 5) is 18.0. The normalized spacial score (nSPS) is 13.1. The number of anilines is 3. The zero-order valence-electron chi connectivity index (χ0n) is 11.3. The van der Waals surface area contributed by atoms with Crippen LogP contribution in [-0.4, -0.2) is 17.9 Å². The van der Waals surface area contributed by atoms with Crippen LogP contribution in [0.3, 0.4) is 0 Å². The van der Waals surface area contributed by atoms with E-state index in [-0.39, 0.29) is 5.91 Å². The first-order valence-electron chi connectivity index (χ1n) is 6.34. The molecule has 0 saturated carbocycles. The van der Waals surface area contributed by atoms with E-state index in [9.17, 15) is 4.79 Å². The van der Waals surface area contributed by atoms with Crippen molar-refractivity contribution in [2.24, 2.45) is 0 Å². The summed E-state index contributed by atoms with van der Waals surface area (Å²) in [5, 5.41) is 2.84. The van der Waals surface area contributed by atoms with Crippen molar-refractivity contribution < 1.29 is 4.79 Å². The molecule has 2 aromatic rings. The molecule has 0 bridgehead atoms. The molecule has 5 heteroatoms. The third-order valence-corrected chi connectivity index (χ3v) is 4.29. The van der Waals surface area contributed by atoms with Crippen molar-refractivity contribution in [1.82, 2.24) is 4.98 Å². The summed E-state index contributed by atoms with van der Waals surface area (Å²) in [5.74, 6) is 0.931. The van der Waals surface area contributed by atoms with Crippen molar-refractivity contribution in [3.8, 4) is 0 Å². The van der Waals surface area contributed by atoms with Gasteiger partial charge in [0.1, 0.15) is 5.82 Å². The van der Waals surface area contributed by atoms with Crippen molar-refractivity contribution in [2.45, 2.75) is 13.3 Å². The molecule has 4 nitrogen and oxygen atoms in total. The Kier molecular flexibility index (Phi) is 3.22. The second kappa shape index (κ2) is 4.90. The highest BCUT2D eigenvalue weighted by atomic mass is 79.9. The van der Waals surface area contributed by atoms with Crippen LogP contribution in [0.25, 0.3) is 0 Å². The molecule has 1 aromatic heterocycles. The van der Waals surface area contributed by atoms with Gasteiger partial charge in [-0.2, -0.15) is 0 Å². The summed E-state index contributed by atoms with van der Waals surface area (Å²) in [5.41, 5.74) is 3.92. The van der Waals surface area contributed by atoms with E-state index in [1.165, 1.54) is 0 Å². The third-order valence-electron chi connectivity index (χ3n) is 3.45. The van der Waals surface area contributed by atoms with E-state index in [0.29, 0.717) is 6.42 Å². The number of hydrogen-bond acceptors (Lipinski definition) is 3. The molecule has 1 aliphatic rings. The first-order valence-corrected chi connectivity index (χ1v) is 7.13. The van der Waals surface area contributed by atoms with E-state index in [4.69, 9.17) is 0 Å². The average molecular weight is 332 g/mol. The predicted octanol–water partition coefficient (Wildman–Crippen LogP) is 3.42. The van der Waals surface area contributed by atoms with Crippen LogP contribution in [0.15, 0.2) is 34.8 Å². The molecule has 1 N–H and O–H groups in total. The van der Waals surface area contributed by atoms with Crippen LogP contribution >= 0.6 is 15.9 Å². The lowest BCUT2D eigenvalue weighted by Crippen LogP contribution is -2.11. The number of fused-ring (bicyclic) bond motifs is 1. The summed E-state index contributed by atoms with van der Waals surface area (Å²) >= 11 is 3.46. The Hall–Kier alpha value is -1.88. The number of nitrogens with zero attached hydrogens (tertiary/aromatic N) is 2. The second-order valence-corrected chi connectivity index (χ2v) is 5.72. The summed E-state index contributed by atoms with van der Waals surface area (Å²) < 4.78 is 0.999. The van der Waals surface area contributed by atoms with Gasteiger partial charge in [-0.1, -0.05) is 0 Å². The average Bonchev–Trinajstić information content (AvgIpc) is 2.80. The first kappa shape index (κ1) is 13.1. The Morgan fingerprint density at radius 3 is 2.85 bits per heavy atom. The Labute approximate surface area is 126 Å². The van der Waals surface area contributed by atoms with E-state index in [0.717, 1.165) is 32.9 Å². The Bertz CT molecular complexity index is 700. The molecule has 1 aliphatic heterocycles. The number of carbonyl (C=O) groups excluding carboxylic acids is 1. The fourth-order valence-corrected chi connectivity index (χ4v) is 2.50. The van der Waals surface area contributed by atoms with Gasteiger partial charge >= 0.3 is 0 Å². The highest BCUT2D eigenvalue weighted by Gasteiger charge is 2.18. The van der Waals surface area contributed by atoms with Gasteiger partial charge in [-0.25, -0.2) is 4.98 Å². The Balaban J connectivity index is 1.94. The molecule has 0 radical (unpaired) electrons. The van der Waals surface area contributed by atoms with Crippen LogP contribution in [0, 0.1) is 6.92 Å². The van der Waals surface area contributed by atoms with Crippen molar-refractivity contribution in [3.63, 3.8) is 0 Å². The third kappa shape index (κ3) is 2.29. The number of pyridine rings is 1. The monoisotopic (exact) mass is 331 g/mol. The van der Waals surface area contributed by atoms with E-state index in [1.807, 2.05) is 49.2 Å². The van der Waals surface area contributed by atoms with E-state index in [1.54, 1.807) is 0 Å². The van der Waals surface area contributed by atoms with Crippen LogP contribution in [0.4, 0.5) is 17.2 Å². The minimum Gasteiger partial charge on any atom is -0.329 e. The summed E-state index contributed by atoms with van der Waals surface area (Å²) in [6.07, 6.45) is 0.448. The van der Waals surface area contributed by atoms with Gasteiger partial charge in [-0.3, -0.25) is 4.79 Å². The number of nitrogens with one attached hydrogen (secondary N) is 1. The van der Waals surface area contributed by atoms with Gasteiger partial charge in [0.15, 0.2) is 0 Å². The second-order valence-electron chi connectivity index (χ2n) is 4.86. The van der Waals surface area contributed by atoms with Crippen LogP contribution in [-0.2, 0) is 11.2 Å². The topological polar surface area (TPSA) is 45.2 Å². The maximum atomic E-state index is 11.4. The van der Waals surface area contributed by atoms with Gasteiger partial charge in [0.2, 0.25) is 5.91 Å². The van der Waals surface area contributed by atoms with Crippen molar-refractivity contribution in [3.05, 3.63) is 46.1 Å². The molecule has 20 heavy (non-hydrogen) atoms. The molecular formula is C15H14BrN3O. The van der Waals surface area contributed by atoms with Crippen molar-refractivity contribution >= 4 is 39.0 Å².